The Bertz CT molecular complexity index is 936. The molecule has 0 aromatic heterocycles. The smallest absolute Gasteiger partial charge is 0.255 e. The number of ether oxygens (including phenoxy) is 1. The Morgan fingerprint density at radius 2 is 1.86 bits per heavy atom. The summed E-state index contributed by atoms with van der Waals surface area (Å²) in [5.74, 6) is 2.72. The fourth-order valence-corrected chi connectivity index (χ4v) is 4.55. The van der Waals surface area contributed by atoms with E-state index in [1.54, 1.807) is 0 Å². The summed E-state index contributed by atoms with van der Waals surface area (Å²) >= 11 is 0. The van der Waals surface area contributed by atoms with E-state index in [1.807, 2.05) is 37.3 Å². The lowest BCUT2D eigenvalue weighted by molar-refractivity contribution is -0.113. The summed E-state index contributed by atoms with van der Waals surface area (Å²) < 4.78 is 5.86. The number of fused-ring (bicyclic) bond motifs is 1. The van der Waals surface area contributed by atoms with Crippen LogP contribution in [0.25, 0.3) is 6.08 Å². The number of hydrogen-bond acceptors (Lipinski definition) is 2. The molecule has 3 nitrogen and oxygen atoms in total. The molecule has 0 spiro atoms. The van der Waals surface area contributed by atoms with E-state index >= 15 is 0 Å². The molecule has 0 unspecified atom stereocenters. The van der Waals surface area contributed by atoms with Crippen LogP contribution in [-0.4, -0.2) is 12.5 Å². The number of amides is 1. The zero-order valence-electron chi connectivity index (χ0n) is 17.7. The molecule has 1 amide bonds. The van der Waals surface area contributed by atoms with Gasteiger partial charge in [0.15, 0.2) is 0 Å². The second-order valence-electron chi connectivity index (χ2n) is 8.54. The van der Waals surface area contributed by atoms with Crippen LogP contribution in [0.15, 0.2) is 42.0 Å². The van der Waals surface area contributed by atoms with Crippen molar-refractivity contribution in [1.29, 1.82) is 0 Å². The number of anilines is 1. The first-order valence-electron chi connectivity index (χ1n) is 10.7. The summed E-state index contributed by atoms with van der Waals surface area (Å²) in [5, 5.41) is 3.11. The third-order valence-electron chi connectivity index (χ3n) is 6.13. The third kappa shape index (κ3) is 4.24. The predicted molar refractivity (Wildman–Crippen MR) is 119 cm³/mol. The number of rotatable bonds is 4. The fourth-order valence-electron chi connectivity index (χ4n) is 4.55. The quantitative estimate of drug-likeness (QED) is 0.656. The average molecular weight is 389 g/mol. The molecule has 4 rings (SSSR count). The largest absolute Gasteiger partial charge is 0.488 e. The van der Waals surface area contributed by atoms with E-state index in [1.165, 1.54) is 49.1 Å². The van der Waals surface area contributed by atoms with Crippen molar-refractivity contribution in [3.8, 4) is 5.75 Å². The highest BCUT2D eigenvalue weighted by Gasteiger charge is 2.22. The van der Waals surface area contributed by atoms with Crippen LogP contribution in [0.1, 0.15) is 74.1 Å². The minimum Gasteiger partial charge on any atom is -0.488 e. The van der Waals surface area contributed by atoms with Crippen LogP contribution < -0.4 is 10.1 Å². The zero-order valence-corrected chi connectivity index (χ0v) is 17.7. The lowest BCUT2D eigenvalue weighted by Gasteiger charge is -2.26. The van der Waals surface area contributed by atoms with Gasteiger partial charge in [-0.2, -0.15) is 0 Å². The maximum Gasteiger partial charge on any atom is 0.255 e. The summed E-state index contributed by atoms with van der Waals surface area (Å²) in [7, 11) is 0. The van der Waals surface area contributed by atoms with Crippen LogP contribution in [0, 0.1) is 12.8 Å². The van der Waals surface area contributed by atoms with Gasteiger partial charge in [-0.25, -0.2) is 0 Å². The van der Waals surface area contributed by atoms with Crippen LogP contribution in [-0.2, 0) is 4.79 Å². The summed E-state index contributed by atoms with van der Waals surface area (Å²) in [6.45, 7) is 6.67. The predicted octanol–water partition coefficient (Wildman–Crippen LogP) is 6.42. The van der Waals surface area contributed by atoms with Crippen molar-refractivity contribution in [3.05, 3.63) is 70.1 Å². The molecule has 2 aromatic rings. The minimum atomic E-state index is -0.0864. The van der Waals surface area contributed by atoms with Crippen LogP contribution >= 0.6 is 0 Å². The number of carbonyl (C=O) groups excluding carboxylic acids is 1. The maximum atomic E-state index is 12.9. The zero-order chi connectivity index (χ0) is 20.4. The Kier molecular flexibility index (Phi) is 5.75. The van der Waals surface area contributed by atoms with Crippen molar-refractivity contribution in [2.24, 2.45) is 0 Å². The molecule has 151 valence electrons. The van der Waals surface area contributed by atoms with Gasteiger partial charge in [-0.1, -0.05) is 57.4 Å². The second-order valence-corrected chi connectivity index (χ2v) is 8.54. The number of aryl methyl sites for hydroxylation is 1. The number of nitrogens with one attached hydrogen (secondary N) is 1. The number of carbonyl (C=O) groups is 1. The maximum absolute atomic E-state index is 12.9. The first-order valence-corrected chi connectivity index (χ1v) is 10.7. The van der Waals surface area contributed by atoms with Crippen molar-refractivity contribution in [2.45, 2.75) is 58.8 Å². The lowest BCUT2D eigenvalue weighted by atomic mass is 9.80. The van der Waals surface area contributed by atoms with Crippen LogP contribution in [0.4, 0.5) is 5.69 Å². The van der Waals surface area contributed by atoms with Gasteiger partial charge in [-0.05, 0) is 66.5 Å². The topological polar surface area (TPSA) is 38.3 Å². The Morgan fingerprint density at radius 1 is 1.07 bits per heavy atom. The van der Waals surface area contributed by atoms with E-state index in [-0.39, 0.29) is 5.91 Å². The standard InChI is InChI=1S/C26H30NO2/c1-17(2)23-13-12-22(15-24(23)19-9-5-4-6-10-19)27-26(28)21-14-20-11-7-8-18(3)25(20)29-16-21/h7-8,11-15,19H,4-6,9-10,16H2,1-3H3,(H,27,28). The third-order valence-corrected chi connectivity index (χ3v) is 6.13. The van der Waals surface area contributed by atoms with Gasteiger partial charge in [0.2, 0.25) is 0 Å². The lowest BCUT2D eigenvalue weighted by Crippen LogP contribution is -2.22. The molecular formula is C26H30NO2. The van der Waals surface area contributed by atoms with Crippen molar-refractivity contribution in [3.63, 3.8) is 0 Å². The molecule has 1 fully saturated rings. The van der Waals surface area contributed by atoms with E-state index < -0.39 is 0 Å². The second kappa shape index (κ2) is 8.44. The van der Waals surface area contributed by atoms with E-state index in [0.29, 0.717) is 18.1 Å². The Hall–Kier alpha value is -2.55. The van der Waals surface area contributed by atoms with Gasteiger partial charge in [0.05, 0.1) is 5.57 Å². The Labute approximate surface area is 174 Å². The van der Waals surface area contributed by atoms with E-state index in [9.17, 15) is 4.79 Å². The first-order chi connectivity index (χ1) is 14.0. The van der Waals surface area contributed by atoms with Crippen molar-refractivity contribution in [2.75, 3.05) is 11.9 Å². The van der Waals surface area contributed by atoms with Crippen LogP contribution in [0.3, 0.4) is 0 Å². The molecule has 1 aliphatic carbocycles. The monoisotopic (exact) mass is 388 g/mol. The van der Waals surface area contributed by atoms with Gasteiger partial charge in [0.25, 0.3) is 5.91 Å². The highest BCUT2D eigenvalue weighted by molar-refractivity contribution is 6.07. The van der Waals surface area contributed by atoms with E-state index in [0.717, 1.165) is 22.6 Å². The van der Waals surface area contributed by atoms with Crippen LogP contribution in [0.5, 0.6) is 5.75 Å². The SMILES string of the molecule is C[C](C)c1ccc(NC(=O)C2=Cc3cccc(C)c3OC2)cc1C1CCCCC1. The molecule has 2 aromatic carbocycles. The molecule has 1 radical (unpaired) electrons. The summed E-state index contributed by atoms with van der Waals surface area (Å²) in [6, 6.07) is 12.4. The Morgan fingerprint density at radius 3 is 2.62 bits per heavy atom. The summed E-state index contributed by atoms with van der Waals surface area (Å²) in [6.07, 6.45) is 8.37. The number of benzene rings is 2. The van der Waals surface area contributed by atoms with Gasteiger partial charge < -0.3 is 10.1 Å². The summed E-state index contributed by atoms with van der Waals surface area (Å²) in [5.41, 5.74) is 6.31. The normalized spacial score (nSPS) is 16.8. The molecule has 1 saturated carbocycles. The minimum absolute atomic E-state index is 0.0864. The van der Waals surface area contributed by atoms with Crippen LogP contribution in [0.2, 0.25) is 0 Å². The van der Waals surface area contributed by atoms with Gasteiger partial charge in [-0.15, -0.1) is 0 Å². The molecule has 1 N–H and O–H groups in total. The van der Waals surface area contributed by atoms with Gasteiger partial charge in [0.1, 0.15) is 12.4 Å². The molecule has 29 heavy (non-hydrogen) atoms. The molecule has 0 atom stereocenters. The van der Waals surface area contributed by atoms with Crippen molar-refractivity contribution in [1.82, 2.24) is 0 Å². The molecule has 1 aliphatic heterocycles. The first kappa shape index (κ1) is 19.8. The molecular weight excluding hydrogens is 358 g/mol. The molecule has 2 aliphatic rings. The molecule has 3 heteroatoms. The van der Waals surface area contributed by atoms with E-state index in [2.05, 4.69) is 31.3 Å². The molecule has 0 saturated heterocycles. The van der Waals surface area contributed by atoms with E-state index in [4.69, 9.17) is 4.74 Å². The van der Waals surface area contributed by atoms with Crippen molar-refractivity contribution < 1.29 is 9.53 Å². The molecule has 1 heterocycles. The van der Waals surface area contributed by atoms with Crippen molar-refractivity contribution >= 4 is 17.7 Å². The molecule has 0 bridgehead atoms. The highest BCUT2D eigenvalue weighted by Crippen LogP contribution is 2.38. The van der Waals surface area contributed by atoms with Gasteiger partial charge in [-0.3, -0.25) is 4.79 Å². The summed E-state index contributed by atoms with van der Waals surface area (Å²) in [4.78, 5) is 12.9. The average Bonchev–Trinajstić information content (AvgIpc) is 2.74. The number of para-hydroxylation sites is 1. The number of hydrogen-bond donors (Lipinski definition) is 1. The fraction of sp³-hybridized carbons (Fsp3) is 0.385. The van der Waals surface area contributed by atoms with Gasteiger partial charge >= 0.3 is 0 Å². The Balaban J connectivity index is 1.57. The highest BCUT2D eigenvalue weighted by atomic mass is 16.5. The van der Waals surface area contributed by atoms with Gasteiger partial charge in [0, 0.05) is 11.3 Å².